The maximum absolute atomic E-state index is 12.8. The van der Waals surface area contributed by atoms with Crippen LogP contribution in [-0.2, 0) is 9.59 Å². The zero-order valence-corrected chi connectivity index (χ0v) is 13.0. The summed E-state index contributed by atoms with van der Waals surface area (Å²) >= 11 is 0. The van der Waals surface area contributed by atoms with Gasteiger partial charge in [-0.25, -0.2) is 0 Å². The molecule has 3 rings (SSSR count). The van der Waals surface area contributed by atoms with Crippen molar-refractivity contribution >= 4 is 11.8 Å². The standard InChI is InChI=1S/C16H27N3O2/c1-17-15(20)11-18-5-2-6-19(8-7-18)16(21)14-10-12-3-4-13(14)9-12/h12-14H,2-11H2,1H3,(H,17,20). The third-order valence-corrected chi connectivity index (χ3v) is 5.60. The zero-order valence-electron chi connectivity index (χ0n) is 13.0. The molecule has 1 N–H and O–H groups in total. The second-order valence-electron chi connectivity index (χ2n) is 6.91. The van der Waals surface area contributed by atoms with E-state index in [1.807, 2.05) is 0 Å². The quantitative estimate of drug-likeness (QED) is 0.833. The van der Waals surface area contributed by atoms with E-state index in [-0.39, 0.29) is 5.91 Å². The molecule has 118 valence electrons. The van der Waals surface area contributed by atoms with Gasteiger partial charge in [-0.15, -0.1) is 0 Å². The first-order valence-corrected chi connectivity index (χ1v) is 8.39. The third-order valence-electron chi connectivity index (χ3n) is 5.60. The Morgan fingerprint density at radius 1 is 1.10 bits per heavy atom. The third kappa shape index (κ3) is 3.23. The minimum Gasteiger partial charge on any atom is -0.358 e. The van der Waals surface area contributed by atoms with Crippen molar-refractivity contribution in [2.24, 2.45) is 17.8 Å². The molecule has 3 atom stereocenters. The smallest absolute Gasteiger partial charge is 0.233 e. The van der Waals surface area contributed by atoms with Crippen LogP contribution in [0, 0.1) is 17.8 Å². The number of carbonyl (C=O) groups is 2. The van der Waals surface area contributed by atoms with Crippen LogP contribution in [0.4, 0.5) is 0 Å². The summed E-state index contributed by atoms with van der Waals surface area (Å²) in [7, 11) is 1.67. The van der Waals surface area contributed by atoms with Gasteiger partial charge in [-0.2, -0.15) is 0 Å². The predicted octanol–water partition coefficient (Wildman–Crippen LogP) is 0.703. The van der Waals surface area contributed by atoms with E-state index in [4.69, 9.17) is 0 Å². The Morgan fingerprint density at radius 3 is 2.62 bits per heavy atom. The van der Waals surface area contributed by atoms with Crippen LogP contribution in [0.2, 0.25) is 0 Å². The molecule has 3 fully saturated rings. The fourth-order valence-corrected chi connectivity index (χ4v) is 4.41. The van der Waals surface area contributed by atoms with E-state index in [9.17, 15) is 9.59 Å². The normalized spacial score (nSPS) is 33.0. The summed E-state index contributed by atoms with van der Waals surface area (Å²) in [4.78, 5) is 28.5. The van der Waals surface area contributed by atoms with Crippen molar-refractivity contribution in [3.63, 3.8) is 0 Å². The number of hydrogen-bond donors (Lipinski definition) is 1. The van der Waals surface area contributed by atoms with E-state index in [1.165, 1.54) is 19.3 Å². The van der Waals surface area contributed by atoms with Crippen molar-refractivity contribution in [2.75, 3.05) is 39.8 Å². The molecule has 1 saturated heterocycles. The lowest BCUT2D eigenvalue weighted by Gasteiger charge is -2.28. The summed E-state index contributed by atoms with van der Waals surface area (Å²) in [6, 6.07) is 0. The zero-order chi connectivity index (χ0) is 14.8. The Morgan fingerprint density at radius 2 is 1.95 bits per heavy atom. The Labute approximate surface area is 127 Å². The van der Waals surface area contributed by atoms with Crippen molar-refractivity contribution < 1.29 is 9.59 Å². The van der Waals surface area contributed by atoms with Crippen molar-refractivity contribution in [1.29, 1.82) is 0 Å². The highest BCUT2D eigenvalue weighted by Crippen LogP contribution is 2.48. The first-order valence-electron chi connectivity index (χ1n) is 8.39. The lowest BCUT2D eigenvalue weighted by molar-refractivity contribution is -0.137. The second kappa shape index (κ2) is 6.34. The van der Waals surface area contributed by atoms with Gasteiger partial charge in [0.15, 0.2) is 0 Å². The van der Waals surface area contributed by atoms with Gasteiger partial charge in [-0.1, -0.05) is 6.42 Å². The molecule has 3 unspecified atom stereocenters. The fourth-order valence-electron chi connectivity index (χ4n) is 4.41. The highest BCUT2D eigenvalue weighted by molar-refractivity contribution is 5.80. The van der Waals surface area contributed by atoms with Crippen molar-refractivity contribution in [2.45, 2.75) is 32.1 Å². The van der Waals surface area contributed by atoms with Crippen molar-refractivity contribution in [1.82, 2.24) is 15.1 Å². The summed E-state index contributed by atoms with van der Waals surface area (Å²) in [5.74, 6) is 2.23. The summed E-state index contributed by atoms with van der Waals surface area (Å²) in [5.41, 5.74) is 0. The Bertz CT molecular complexity index is 412. The molecule has 2 saturated carbocycles. The molecule has 5 nitrogen and oxygen atoms in total. The Hall–Kier alpha value is -1.10. The number of nitrogens with zero attached hydrogens (tertiary/aromatic N) is 2. The maximum Gasteiger partial charge on any atom is 0.233 e. The largest absolute Gasteiger partial charge is 0.358 e. The van der Waals surface area contributed by atoms with E-state index < -0.39 is 0 Å². The average molecular weight is 293 g/mol. The number of carbonyl (C=O) groups excluding carboxylic acids is 2. The summed E-state index contributed by atoms with van der Waals surface area (Å²) in [5, 5.41) is 2.67. The van der Waals surface area contributed by atoms with Crippen molar-refractivity contribution in [3.8, 4) is 0 Å². The lowest BCUT2D eigenvalue weighted by Crippen LogP contribution is -2.41. The lowest BCUT2D eigenvalue weighted by atomic mass is 9.87. The van der Waals surface area contributed by atoms with Gasteiger partial charge in [0.2, 0.25) is 11.8 Å². The molecule has 1 heterocycles. The van der Waals surface area contributed by atoms with Gasteiger partial charge >= 0.3 is 0 Å². The molecule has 5 heteroatoms. The molecule has 3 aliphatic rings. The summed E-state index contributed by atoms with van der Waals surface area (Å²) in [6.45, 7) is 3.82. The fraction of sp³-hybridized carbons (Fsp3) is 0.875. The molecular weight excluding hydrogens is 266 g/mol. The first-order chi connectivity index (χ1) is 10.2. The molecular formula is C16H27N3O2. The molecule has 2 amide bonds. The molecule has 0 radical (unpaired) electrons. The molecule has 0 aromatic heterocycles. The van der Waals surface area contributed by atoms with E-state index in [0.29, 0.717) is 24.3 Å². The van der Waals surface area contributed by atoms with Crippen LogP contribution in [0.5, 0.6) is 0 Å². The van der Waals surface area contributed by atoms with Gasteiger partial charge in [0.1, 0.15) is 0 Å². The van der Waals surface area contributed by atoms with E-state index in [0.717, 1.165) is 44.9 Å². The SMILES string of the molecule is CNC(=O)CN1CCCN(C(=O)C2CC3CCC2C3)CC1. The topological polar surface area (TPSA) is 52.7 Å². The summed E-state index contributed by atoms with van der Waals surface area (Å²) < 4.78 is 0. The van der Waals surface area contributed by atoms with Crippen LogP contribution >= 0.6 is 0 Å². The van der Waals surface area contributed by atoms with Crippen LogP contribution in [-0.4, -0.2) is 61.4 Å². The van der Waals surface area contributed by atoms with Crippen molar-refractivity contribution in [3.05, 3.63) is 0 Å². The number of likely N-dealkylation sites (N-methyl/N-ethyl adjacent to an activating group) is 1. The highest BCUT2D eigenvalue weighted by Gasteiger charge is 2.44. The Balaban J connectivity index is 1.52. The maximum atomic E-state index is 12.8. The summed E-state index contributed by atoms with van der Waals surface area (Å²) in [6.07, 6.45) is 5.99. The van der Waals surface area contributed by atoms with Crippen LogP contribution in [0.25, 0.3) is 0 Å². The van der Waals surface area contributed by atoms with Crippen LogP contribution in [0.1, 0.15) is 32.1 Å². The molecule has 0 spiro atoms. The van der Waals surface area contributed by atoms with Gasteiger partial charge in [0, 0.05) is 39.1 Å². The number of fused-ring (bicyclic) bond motifs is 2. The number of nitrogens with one attached hydrogen (secondary N) is 1. The van der Waals surface area contributed by atoms with Gasteiger partial charge in [0.25, 0.3) is 0 Å². The van der Waals surface area contributed by atoms with Gasteiger partial charge in [-0.3, -0.25) is 14.5 Å². The highest BCUT2D eigenvalue weighted by atomic mass is 16.2. The van der Waals surface area contributed by atoms with Gasteiger partial charge in [0.05, 0.1) is 6.54 Å². The monoisotopic (exact) mass is 293 g/mol. The second-order valence-corrected chi connectivity index (χ2v) is 6.91. The minimum atomic E-state index is 0.0582. The van der Waals surface area contributed by atoms with Gasteiger partial charge < -0.3 is 10.2 Å². The molecule has 0 aromatic carbocycles. The molecule has 0 aromatic rings. The number of hydrogen-bond acceptors (Lipinski definition) is 3. The van der Waals surface area contributed by atoms with Crippen LogP contribution in [0.3, 0.4) is 0 Å². The molecule has 2 aliphatic carbocycles. The average Bonchev–Trinajstić information content (AvgIpc) is 3.05. The van der Waals surface area contributed by atoms with Crippen LogP contribution < -0.4 is 5.32 Å². The molecule has 1 aliphatic heterocycles. The van der Waals surface area contributed by atoms with E-state index in [1.54, 1.807) is 7.05 Å². The molecule has 21 heavy (non-hydrogen) atoms. The predicted molar refractivity (Wildman–Crippen MR) is 80.6 cm³/mol. The first kappa shape index (κ1) is 14.8. The van der Waals surface area contributed by atoms with Gasteiger partial charge in [-0.05, 0) is 37.5 Å². The number of rotatable bonds is 3. The Kier molecular flexibility index (Phi) is 4.48. The number of amides is 2. The molecule has 2 bridgehead atoms. The van der Waals surface area contributed by atoms with E-state index in [2.05, 4.69) is 15.1 Å². The minimum absolute atomic E-state index is 0.0582. The van der Waals surface area contributed by atoms with E-state index >= 15 is 0 Å². The van der Waals surface area contributed by atoms with Crippen LogP contribution in [0.15, 0.2) is 0 Å².